The van der Waals surface area contributed by atoms with Gasteiger partial charge < -0.3 is 24.8 Å². The van der Waals surface area contributed by atoms with Crippen molar-refractivity contribution in [3.05, 3.63) is 35.0 Å². The van der Waals surface area contributed by atoms with Crippen molar-refractivity contribution in [2.24, 2.45) is 0 Å². The average molecular weight is 450 g/mol. The fraction of sp³-hybridized carbons (Fsp3) is 0.476. The minimum atomic E-state index is -0.800. The topological polar surface area (TPSA) is 105 Å². The predicted octanol–water partition coefficient (Wildman–Crippen LogP) is 3.48. The number of aliphatic hydroxyl groups excluding tert-OH is 2. The summed E-state index contributed by atoms with van der Waals surface area (Å²) in [7, 11) is 0. The van der Waals surface area contributed by atoms with E-state index >= 15 is 4.39 Å². The largest absolute Gasteiger partial charge is 0.389 e. The Hall–Kier alpha value is -2.33. The van der Waals surface area contributed by atoms with Crippen LogP contribution in [0.15, 0.2) is 18.3 Å². The Morgan fingerprint density at radius 3 is 2.74 bits per heavy atom. The molecule has 0 bridgehead atoms. The van der Waals surface area contributed by atoms with Crippen molar-refractivity contribution >= 4 is 28.6 Å². The third kappa shape index (κ3) is 4.23. The molecule has 3 N–H and O–H groups in total. The normalized spacial score (nSPS) is 20.4. The van der Waals surface area contributed by atoms with Crippen LogP contribution in [0.3, 0.4) is 0 Å². The second-order valence-electron chi connectivity index (χ2n) is 8.00. The molecule has 0 unspecified atom stereocenters. The summed E-state index contributed by atoms with van der Waals surface area (Å²) in [5.74, 6) is 0.175. The number of nitrogens with one attached hydrogen (secondary N) is 1. The van der Waals surface area contributed by atoms with Gasteiger partial charge in [0, 0.05) is 24.3 Å². The Bertz CT molecular complexity index is 1100. The molecular weight excluding hydrogens is 425 g/mol. The first-order chi connectivity index (χ1) is 14.8. The van der Waals surface area contributed by atoms with E-state index in [4.69, 9.17) is 16.3 Å². The first kappa shape index (κ1) is 21.9. The Kier molecular flexibility index (Phi) is 6.11. The van der Waals surface area contributed by atoms with E-state index in [1.54, 1.807) is 13.0 Å². The van der Waals surface area contributed by atoms with Gasteiger partial charge in [0.05, 0.1) is 46.7 Å². The second-order valence-corrected chi connectivity index (χ2v) is 8.41. The monoisotopic (exact) mass is 449 g/mol. The van der Waals surface area contributed by atoms with Gasteiger partial charge in [0.15, 0.2) is 0 Å². The lowest BCUT2D eigenvalue weighted by Gasteiger charge is -2.28. The number of imidazole rings is 1. The van der Waals surface area contributed by atoms with Crippen LogP contribution in [0.25, 0.3) is 22.3 Å². The molecule has 1 fully saturated rings. The van der Waals surface area contributed by atoms with Crippen LogP contribution < -0.4 is 5.32 Å². The number of fused-ring (bicyclic) bond motifs is 1. The molecule has 3 atom stereocenters. The van der Waals surface area contributed by atoms with Crippen LogP contribution in [0.2, 0.25) is 5.02 Å². The minimum absolute atomic E-state index is 0.000943. The van der Waals surface area contributed by atoms with Crippen molar-refractivity contribution in [3.8, 4) is 11.3 Å². The van der Waals surface area contributed by atoms with Crippen molar-refractivity contribution in [2.75, 3.05) is 18.5 Å². The molecule has 0 aliphatic carbocycles. The lowest BCUT2D eigenvalue weighted by Crippen LogP contribution is -2.42. The van der Waals surface area contributed by atoms with E-state index in [1.807, 2.05) is 18.4 Å². The van der Waals surface area contributed by atoms with Crippen LogP contribution in [0, 0.1) is 5.82 Å². The van der Waals surface area contributed by atoms with E-state index in [9.17, 15) is 10.2 Å². The molecule has 1 saturated heterocycles. The SMILES string of the molecule is CC(C)n1c([C@H](C)O)nc2cc(F)c(-c3nc(N[C@@H]4CCOC[C@H]4O)ncc3Cl)cc21. The highest BCUT2D eigenvalue weighted by atomic mass is 35.5. The average Bonchev–Trinajstić information content (AvgIpc) is 3.09. The van der Waals surface area contributed by atoms with E-state index in [1.165, 1.54) is 12.3 Å². The van der Waals surface area contributed by atoms with Crippen LogP contribution in [-0.4, -0.2) is 55.1 Å². The van der Waals surface area contributed by atoms with Gasteiger partial charge in [-0.2, -0.15) is 0 Å². The summed E-state index contributed by atoms with van der Waals surface area (Å²) in [5.41, 5.74) is 1.55. The van der Waals surface area contributed by atoms with Gasteiger partial charge in [0.2, 0.25) is 5.95 Å². The molecule has 0 amide bonds. The van der Waals surface area contributed by atoms with Gasteiger partial charge in [0.25, 0.3) is 0 Å². The Balaban J connectivity index is 1.79. The summed E-state index contributed by atoms with van der Waals surface area (Å²) in [4.78, 5) is 13.0. The molecule has 4 rings (SSSR count). The highest BCUT2D eigenvalue weighted by Crippen LogP contribution is 2.34. The van der Waals surface area contributed by atoms with Crippen molar-refractivity contribution in [2.45, 2.75) is 51.5 Å². The number of hydrogen-bond donors (Lipinski definition) is 3. The summed E-state index contributed by atoms with van der Waals surface area (Å²) in [6.45, 7) is 6.31. The number of rotatable bonds is 5. The van der Waals surface area contributed by atoms with Gasteiger partial charge in [-0.15, -0.1) is 0 Å². The number of ether oxygens (including phenoxy) is 1. The number of aromatic nitrogens is 4. The molecular formula is C21H25ClFN5O3. The highest BCUT2D eigenvalue weighted by molar-refractivity contribution is 6.33. The zero-order valence-electron chi connectivity index (χ0n) is 17.5. The predicted molar refractivity (Wildman–Crippen MR) is 116 cm³/mol. The van der Waals surface area contributed by atoms with E-state index < -0.39 is 18.0 Å². The number of aliphatic hydroxyl groups is 2. The highest BCUT2D eigenvalue weighted by Gasteiger charge is 2.25. The summed E-state index contributed by atoms with van der Waals surface area (Å²) in [5, 5.41) is 23.5. The van der Waals surface area contributed by atoms with Gasteiger partial charge in [-0.1, -0.05) is 11.6 Å². The van der Waals surface area contributed by atoms with Crippen molar-refractivity contribution < 1.29 is 19.3 Å². The number of nitrogens with zero attached hydrogens (tertiary/aromatic N) is 4. The summed E-state index contributed by atoms with van der Waals surface area (Å²) >= 11 is 6.33. The molecule has 10 heteroatoms. The van der Waals surface area contributed by atoms with Gasteiger partial charge in [-0.3, -0.25) is 0 Å². The zero-order chi connectivity index (χ0) is 22.3. The van der Waals surface area contributed by atoms with E-state index in [0.717, 1.165) is 0 Å². The van der Waals surface area contributed by atoms with Crippen LogP contribution in [0.1, 0.15) is 45.2 Å². The molecule has 1 aliphatic rings. The van der Waals surface area contributed by atoms with E-state index in [-0.39, 0.29) is 40.9 Å². The third-order valence-electron chi connectivity index (χ3n) is 5.34. The maximum Gasteiger partial charge on any atom is 0.223 e. The molecule has 2 aromatic heterocycles. The van der Waals surface area contributed by atoms with Crippen molar-refractivity contribution in [1.29, 1.82) is 0 Å². The molecule has 8 nitrogen and oxygen atoms in total. The quantitative estimate of drug-likeness (QED) is 0.547. The van der Waals surface area contributed by atoms with Crippen LogP contribution in [0.5, 0.6) is 0 Å². The number of hydrogen-bond acceptors (Lipinski definition) is 7. The smallest absolute Gasteiger partial charge is 0.223 e. The Morgan fingerprint density at radius 1 is 1.29 bits per heavy atom. The number of benzene rings is 1. The first-order valence-electron chi connectivity index (χ1n) is 10.2. The molecule has 0 spiro atoms. The second kappa shape index (κ2) is 8.66. The maximum absolute atomic E-state index is 15.1. The number of halogens is 2. The van der Waals surface area contributed by atoms with E-state index in [2.05, 4.69) is 20.3 Å². The summed E-state index contributed by atoms with van der Waals surface area (Å²) in [6, 6.07) is 2.70. The molecule has 0 saturated carbocycles. The van der Waals surface area contributed by atoms with Crippen LogP contribution in [-0.2, 0) is 4.74 Å². The molecule has 3 heterocycles. The lowest BCUT2D eigenvalue weighted by molar-refractivity contribution is -0.0136. The summed E-state index contributed by atoms with van der Waals surface area (Å²) in [6.07, 6.45) is 0.510. The lowest BCUT2D eigenvalue weighted by atomic mass is 10.1. The Morgan fingerprint density at radius 2 is 2.06 bits per heavy atom. The maximum atomic E-state index is 15.1. The van der Waals surface area contributed by atoms with Crippen LogP contribution in [0.4, 0.5) is 10.3 Å². The summed E-state index contributed by atoms with van der Waals surface area (Å²) < 4.78 is 22.2. The van der Waals surface area contributed by atoms with Crippen LogP contribution >= 0.6 is 11.6 Å². The Labute approximate surface area is 184 Å². The van der Waals surface area contributed by atoms with Gasteiger partial charge in [-0.05, 0) is 33.3 Å². The molecule has 1 aliphatic heterocycles. The zero-order valence-corrected chi connectivity index (χ0v) is 18.3. The molecule has 3 aromatic rings. The van der Waals surface area contributed by atoms with Gasteiger partial charge in [-0.25, -0.2) is 19.3 Å². The number of anilines is 1. The third-order valence-corrected chi connectivity index (χ3v) is 5.61. The first-order valence-corrected chi connectivity index (χ1v) is 10.6. The van der Waals surface area contributed by atoms with Crippen molar-refractivity contribution in [1.82, 2.24) is 19.5 Å². The fourth-order valence-electron chi connectivity index (χ4n) is 3.84. The van der Waals surface area contributed by atoms with E-state index in [0.29, 0.717) is 29.9 Å². The van der Waals surface area contributed by atoms with Gasteiger partial charge >= 0.3 is 0 Å². The molecule has 31 heavy (non-hydrogen) atoms. The van der Waals surface area contributed by atoms with Gasteiger partial charge in [0.1, 0.15) is 17.7 Å². The standard InChI is InChI=1S/C21H25ClFN5O3/c1-10(2)28-17-6-12(14(23)7-16(17)25-20(28)11(3)29)19-13(22)8-24-21(27-19)26-15-4-5-31-9-18(15)30/h6-8,10-11,15,18,29-30H,4-5,9H2,1-3H3,(H,24,26,27)/t11-,15+,18+/m0/s1. The molecule has 1 aromatic carbocycles. The molecule has 0 radical (unpaired) electrons. The minimum Gasteiger partial charge on any atom is -0.389 e. The molecule has 166 valence electrons. The fourth-order valence-corrected chi connectivity index (χ4v) is 4.03. The van der Waals surface area contributed by atoms with Crippen molar-refractivity contribution in [3.63, 3.8) is 0 Å².